The Morgan fingerprint density at radius 2 is 1.84 bits per heavy atom. The van der Waals surface area contributed by atoms with Gasteiger partial charge in [-0.25, -0.2) is 13.1 Å². The number of benzene rings is 1. The maximum absolute atomic E-state index is 12.9. The van der Waals surface area contributed by atoms with Crippen molar-refractivity contribution in [3.63, 3.8) is 0 Å². The number of sulfonamides is 1. The van der Waals surface area contributed by atoms with E-state index in [1.165, 1.54) is 18.2 Å². The van der Waals surface area contributed by atoms with E-state index < -0.39 is 27.7 Å². The Bertz CT molecular complexity index is 714. The fraction of sp³-hybridized carbons (Fsp3) is 0.533. The van der Waals surface area contributed by atoms with E-state index in [1.54, 1.807) is 4.90 Å². The fourth-order valence-corrected chi connectivity index (χ4v) is 3.59. The van der Waals surface area contributed by atoms with Gasteiger partial charge in [-0.1, -0.05) is 12.1 Å². The minimum atomic E-state index is -4.54. The van der Waals surface area contributed by atoms with Gasteiger partial charge in [-0.15, -0.1) is 0 Å². The van der Waals surface area contributed by atoms with Crippen LogP contribution in [-0.2, 0) is 21.0 Å². The standard InChI is InChI=1S/C15H20F3N3O3S/c1-25(23,24)20-11-6-8-21(9-7-11)10-14(22)19-13-5-3-2-4-12(13)15(16,17)18/h2-5,11,20H,6-10H2,1H3,(H,19,22). The average Bonchev–Trinajstić information content (AvgIpc) is 2.47. The molecule has 1 aliphatic rings. The Morgan fingerprint density at radius 3 is 2.40 bits per heavy atom. The topological polar surface area (TPSA) is 78.5 Å². The number of amides is 1. The summed E-state index contributed by atoms with van der Waals surface area (Å²) < 4.78 is 63.7. The number of carbonyl (C=O) groups excluding carboxylic acids is 1. The second-order valence-electron chi connectivity index (χ2n) is 6.03. The van der Waals surface area contributed by atoms with Crippen LogP contribution in [0.3, 0.4) is 0 Å². The predicted octanol–water partition coefficient (Wildman–Crippen LogP) is 1.66. The summed E-state index contributed by atoms with van der Waals surface area (Å²) in [5, 5.41) is 2.30. The van der Waals surface area contributed by atoms with Gasteiger partial charge in [-0.2, -0.15) is 13.2 Å². The third-order valence-electron chi connectivity index (χ3n) is 3.84. The van der Waals surface area contributed by atoms with Gasteiger partial charge in [0.25, 0.3) is 0 Å². The molecule has 1 aliphatic heterocycles. The lowest BCUT2D eigenvalue weighted by atomic mass is 10.1. The second-order valence-corrected chi connectivity index (χ2v) is 7.81. The Kier molecular flexibility index (Phi) is 6.07. The van der Waals surface area contributed by atoms with Gasteiger partial charge in [0.2, 0.25) is 15.9 Å². The number of halogens is 3. The Labute approximate surface area is 144 Å². The Morgan fingerprint density at radius 1 is 1.24 bits per heavy atom. The zero-order chi connectivity index (χ0) is 18.7. The molecule has 0 spiro atoms. The summed E-state index contributed by atoms with van der Waals surface area (Å²) in [7, 11) is -3.28. The highest BCUT2D eigenvalue weighted by Crippen LogP contribution is 2.34. The van der Waals surface area contributed by atoms with Gasteiger partial charge in [0.15, 0.2) is 0 Å². The molecule has 1 amide bonds. The van der Waals surface area contributed by atoms with Crippen molar-refractivity contribution in [2.45, 2.75) is 25.1 Å². The Balaban J connectivity index is 1.88. The van der Waals surface area contributed by atoms with Crippen molar-refractivity contribution in [1.82, 2.24) is 9.62 Å². The molecule has 2 N–H and O–H groups in total. The first-order chi connectivity index (χ1) is 11.5. The van der Waals surface area contributed by atoms with Crippen LogP contribution in [0.15, 0.2) is 24.3 Å². The number of piperidine rings is 1. The van der Waals surface area contributed by atoms with Crippen LogP contribution in [-0.4, -0.2) is 51.2 Å². The number of carbonyl (C=O) groups is 1. The second kappa shape index (κ2) is 7.71. The van der Waals surface area contributed by atoms with E-state index in [9.17, 15) is 26.4 Å². The van der Waals surface area contributed by atoms with Crippen LogP contribution in [0.5, 0.6) is 0 Å². The van der Waals surface area contributed by atoms with Gasteiger partial charge in [-0.05, 0) is 25.0 Å². The quantitative estimate of drug-likeness (QED) is 0.816. The highest BCUT2D eigenvalue weighted by atomic mass is 32.2. The summed E-state index contributed by atoms with van der Waals surface area (Å²) in [5.74, 6) is -0.536. The molecule has 0 atom stereocenters. The van der Waals surface area contributed by atoms with Gasteiger partial charge in [0.1, 0.15) is 0 Å². The molecule has 1 fully saturated rings. The third kappa shape index (κ3) is 6.29. The molecular weight excluding hydrogens is 359 g/mol. The SMILES string of the molecule is CS(=O)(=O)NC1CCN(CC(=O)Nc2ccccc2C(F)(F)F)CC1. The zero-order valence-electron chi connectivity index (χ0n) is 13.6. The smallest absolute Gasteiger partial charge is 0.324 e. The first kappa shape index (κ1) is 19.7. The van der Waals surface area contributed by atoms with Crippen LogP contribution in [0.2, 0.25) is 0 Å². The van der Waals surface area contributed by atoms with E-state index in [0.717, 1.165) is 12.3 Å². The number of nitrogens with one attached hydrogen (secondary N) is 2. The summed E-state index contributed by atoms with van der Waals surface area (Å²) in [6, 6.07) is 4.63. The summed E-state index contributed by atoms with van der Waals surface area (Å²) in [5.41, 5.74) is -1.16. The van der Waals surface area contributed by atoms with E-state index in [4.69, 9.17) is 0 Å². The third-order valence-corrected chi connectivity index (χ3v) is 4.60. The van der Waals surface area contributed by atoms with Crippen LogP contribution in [0, 0.1) is 0 Å². The highest BCUT2D eigenvalue weighted by Gasteiger charge is 2.33. The van der Waals surface area contributed by atoms with Crippen molar-refractivity contribution in [2.75, 3.05) is 31.2 Å². The molecule has 1 heterocycles. The van der Waals surface area contributed by atoms with Gasteiger partial charge in [-0.3, -0.25) is 9.69 Å². The zero-order valence-corrected chi connectivity index (χ0v) is 14.5. The number of likely N-dealkylation sites (tertiary alicyclic amines) is 1. The van der Waals surface area contributed by atoms with Crippen LogP contribution < -0.4 is 10.0 Å². The van der Waals surface area contributed by atoms with Gasteiger partial charge in [0.05, 0.1) is 24.1 Å². The van der Waals surface area contributed by atoms with Crippen molar-refractivity contribution in [3.05, 3.63) is 29.8 Å². The monoisotopic (exact) mass is 379 g/mol. The average molecular weight is 379 g/mol. The molecule has 0 saturated carbocycles. The highest BCUT2D eigenvalue weighted by molar-refractivity contribution is 7.88. The molecule has 140 valence electrons. The minimum Gasteiger partial charge on any atom is -0.324 e. The number of anilines is 1. The van der Waals surface area contributed by atoms with Gasteiger partial charge < -0.3 is 5.32 Å². The van der Waals surface area contributed by atoms with E-state index in [-0.39, 0.29) is 18.3 Å². The van der Waals surface area contributed by atoms with Crippen molar-refractivity contribution < 1.29 is 26.4 Å². The molecule has 6 nitrogen and oxygen atoms in total. The molecule has 0 radical (unpaired) electrons. The van der Waals surface area contributed by atoms with E-state index in [0.29, 0.717) is 25.9 Å². The maximum atomic E-state index is 12.9. The number of rotatable bonds is 5. The summed E-state index contributed by atoms with van der Waals surface area (Å²) in [4.78, 5) is 13.8. The largest absolute Gasteiger partial charge is 0.418 e. The normalized spacial score (nSPS) is 17.4. The molecule has 10 heteroatoms. The van der Waals surface area contributed by atoms with Crippen LogP contribution in [0.25, 0.3) is 0 Å². The lowest BCUT2D eigenvalue weighted by molar-refractivity contribution is -0.137. The first-order valence-corrected chi connectivity index (χ1v) is 9.59. The van der Waals surface area contributed by atoms with Crippen molar-refractivity contribution in [2.24, 2.45) is 0 Å². The molecule has 0 unspecified atom stereocenters. The first-order valence-electron chi connectivity index (χ1n) is 7.70. The number of para-hydroxylation sites is 1. The lowest BCUT2D eigenvalue weighted by Gasteiger charge is -2.31. The van der Waals surface area contributed by atoms with Crippen molar-refractivity contribution >= 4 is 21.6 Å². The molecule has 0 aliphatic carbocycles. The fourth-order valence-electron chi connectivity index (χ4n) is 2.74. The molecular formula is C15H20F3N3O3S. The van der Waals surface area contributed by atoms with Crippen molar-refractivity contribution in [3.8, 4) is 0 Å². The van der Waals surface area contributed by atoms with E-state index in [2.05, 4.69) is 10.0 Å². The molecule has 2 rings (SSSR count). The predicted molar refractivity (Wildman–Crippen MR) is 87.5 cm³/mol. The lowest BCUT2D eigenvalue weighted by Crippen LogP contribution is -2.46. The Hall–Kier alpha value is -1.65. The van der Waals surface area contributed by atoms with E-state index >= 15 is 0 Å². The van der Waals surface area contributed by atoms with E-state index in [1.807, 2.05) is 0 Å². The summed E-state index contributed by atoms with van der Waals surface area (Å²) in [6.45, 7) is 0.931. The summed E-state index contributed by atoms with van der Waals surface area (Å²) in [6.07, 6.45) is -2.37. The minimum absolute atomic E-state index is 0.0439. The van der Waals surface area contributed by atoms with Gasteiger partial charge >= 0.3 is 6.18 Å². The van der Waals surface area contributed by atoms with Crippen LogP contribution in [0.4, 0.5) is 18.9 Å². The maximum Gasteiger partial charge on any atom is 0.418 e. The van der Waals surface area contributed by atoms with Crippen LogP contribution in [0.1, 0.15) is 18.4 Å². The van der Waals surface area contributed by atoms with Crippen LogP contribution >= 0.6 is 0 Å². The molecule has 25 heavy (non-hydrogen) atoms. The number of hydrogen-bond donors (Lipinski definition) is 2. The number of nitrogens with zero attached hydrogens (tertiary/aromatic N) is 1. The molecule has 1 aromatic rings. The molecule has 0 aromatic heterocycles. The molecule has 0 bridgehead atoms. The molecule has 1 saturated heterocycles. The molecule has 1 aromatic carbocycles. The van der Waals surface area contributed by atoms with Crippen molar-refractivity contribution in [1.29, 1.82) is 0 Å². The number of hydrogen-bond acceptors (Lipinski definition) is 4. The summed E-state index contributed by atoms with van der Waals surface area (Å²) >= 11 is 0. The van der Waals surface area contributed by atoms with Gasteiger partial charge in [0, 0.05) is 19.1 Å². The number of alkyl halides is 3.